The van der Waals surface area contributed by atoms with Gasteiger partial charge in [-0.05, 0) is 25.0 Å². The van der Waals surface area contributed by atoms with Crippen molar-refractivity contribution in [1.29, 1.82) is 0 Å². The van der Waals surface area contributed by atoms with E-state index in [-0.39, 0.29) is 6.03 Å². The van der Waals surface area contributed by atoms with Crippen molar-refractivity contribution in [2.75, 3.05) is 13.7 Å². The monoisotopic (exact) mass is 302 g/mol. The minimum atomic E-state index is -0.178. The Hall–Kier alpha value is -2.50. The molecule has 1 aromatic heterocycles. The first-order chi connectivity index (χ1) is 10.7. The molecule has 2 N–H and O–H groups in total. The molecule has 0 bridgehead atoms. The lowest BCUT2D eigenvalue weighted by atomic mass is 10.2. The van der Waals surface area contributed by atoms with Crippen molar-refractivity contribution in [3.05, 3.63) is 47.8 Å². The Morgan fingerprint density at radius 1 is 1.32 bits per heavy atom. The Bertz CT molecular complexity index is 610. The third-order valence-corrected chi connectivity index (χ3v) is 3.24. The second-order valence-electron chi connectivity index (χ2n) is 5.06. The highest BCUT2D eigenvalue weighted by atomic mass is 16.5. The van der Waals surface area contributed by atoms with Crippen LogP contribution in [0.25, 0.3) is 0 Å². The summed E-state index contributed by atoms with van der Waals surface area (Å²) in [6.45, 7) is 3.85. The number of urea groups is 1. The van der Waals surface area contributed by atoms with Crippen LogP contribution in [0.1, 0.15) is 17.5 Å². The number of aryl methyl sites for hydroxylation is 2. The average Bonchev–Trinajstić information content (AvgIpc) is 2.95. The minimum Gasteiger partial charge on any atom is -0.496 e. The molecule has 2 rings (SSSR count). The van der Waals surface area contributed by atoms with Crippen molar-refractivity contribution in [1.82, 2.24) is 20.4 Å². The zero-order chi connectivity index (χ0) is 15.8. The van der Waals surface area contributed by atoms with Crippen molar-refractivity contribution in [2.45, 2.75) is 26.4 Å². The predicted molar refractivity (Wildman–Crippen MR) is 84.8 cm³/mol. The van der Waals surface area contributed by atoms with Crippen LogP contribution in [0.3, 0.4) is 0 Å². The summed E-state index contributed by atoms with van der Waals surface area (Å²) in [7, 11) is 1.62. The first kappa shape index (κ1) is 15.9. The summed E-state index contributed by atoms with van der Waals surface area (Å²) in [5, 5.41) is 9.86. The molecule has 0 aliphatic heterocycles. The van der Waals surface area contributed by atoms with Crippen LogP contribution in [0.2, 0.25) is 0 Å². The molecule has 0 saturated heterocycles. The van der Waals surface area contributed by atoms with Gasteiger partial charge in [0.15, 0.2) is 0 Å². The highest BCUT2D eigenvalue weighted by Gasteiger charge is 2.04. The van der Waals surface area contributed by atoms with E-state index in [0.29, 0.717) is 13.1 Å². The van der Waals surface area contributed by atoms with Gasteiger partial charge in [-0.1, -0.05) is 18.2 Å². The van der Waals surface area contributed by atoms with Crippen LogP contribution in [0.4, 0.5) is 4.79 Å². The molecule has 118 valence electrons. The van der Waals surface area contributed by atoms with Crippen molar-refractivity contribution in [3.63, 3.8) is 0 Å². The highest BCUT2D eigenvalue weighted by molar-refractivity contribution is 5.73. The van der Waals surface area contributed by atoms with Crippen LogP contribution < -0.4 is 15.4 Å². The third kappa shape index (κ3) is 4.80. The molecule has 2 aromatic rings. The van der Waals surface area contributed by atoms with E-state index < -0.39 is 0 Å². The molecule has 6 nitrogen and oxygen atoms in total. The first-order valence-corrected chi connectivity index (χ1v) is 7.31. The van der Waals surface area contributed by atoms with E-state index in [4.69, 9.17) is 4.74 Å². The molecule has 0 radical (unpaired) electrons. The fourth-order valence-electron chi connectivity index (χ4n) is 2.12. The molecule has 22 heavy (non-hydrogen) atoms. The van der Waals surface area contributed by atoms with E-state index in [9.17, 15) is 4.79 Å². The van der Waals surface area contributed by atoms with Gasteiger partial charge in [0, 0.05) is 31.4 Å². The van der Waals surface area contributed by atoms with E-state index >= 15 is 0 Å². The summed E-state index contributed by atoms with van der Waals surface area (Å²) in [6.07, 6.45) is 4.65. The number of methoxy groups -OCH3 is 1. The van der Waals surface area contributed by atoms with Crippen molar-refractivity contribution in [2.24, 2.45) is 0 Å². The van der Waals surface area contributed by atoms with Gasteiger partial charge in [0.1, 0.15) is 5.75 Å². The normalized spacial score (nSPS) is 10.3. The van der Waals surface area contributed by atoms with Crippen LogP contribution in [0.5, 0.6) is 5.75 Å². The number of ether oxygens (including phenoxy) is 1. The van der Waals surface area contributed by atoms with Gasteiger partial charge in [0.2, 0.25) is 0 Å². The number of para-hydroxylation sites is 1. The summed E-state index contributed by atoms with van der Waals surface area (Å²) in [5.41, 5.74) is 2.09. The third-order valence-electron chi connectivity index (χ3n) is 3.24. The molecule has 0 saturated carbocycles. The van der Waals surface area contributed by atoms with Gasteiger partial charge < -0.3 is 15.4 Å². The van der Waals surface area contributed by atoms with E-state index in [2.05, 4.69) is 15.7 Å². The van der Waals surface area contributed by atoms with E-state index in [0.717, 1.165) is 29.8 Å². The van der Waals surface area contributed by atoms with Gasteiger partial charge in [0.25, 0.3) is 0 Å². The maximum absolute atomic E-state index is 11.7. The molecule has 1 aromatic carbocycles. The fraction of sp³-hybridized carbons (Fsp3) is 0.375. The Morgan fingerprint density at radius 3 is 2.86 bits per heavy atom. The second-order valence-corrected chi connectivity index (χ2v) is 5.06. The van der Waals surface area contributed by atoms with Crippen molar-refractivity contribution < 1.29 is 9.53 Å². The Balaban J connectivity index is 1.65. The standard InChI is InChI=1S/C16H22N4O2/c1-13-10-19-20(12-13)9-5-8-17-16(21)18-11-14-6-3-4-7-15(14)22-2/h3-4,6-7,10,12H,5,8-9,11H2,1-2H3,(H2,17,18,21). The summed E-state index contributed by atoms with van der Waals surface area (Å²) in [5.74, 6) is 0.775. The lowest BCUT2D eigenvalue weighted by Crippen LogP contribution is -2.35. The number of nitrogens with zero attached hydrogens (tertiary/aromatic N) is 2. The molecule has 6 heteroatoms. The Morgan fingerprint density at radius 2 is 2.14 bits per heavy atom. The summed E-state index contributed by atoms with van der Waals surface area (Å²) in [4.78, 5) is 11.7. The van der Waals surface area contributed by atoms with Crippen LogP contribution in [-0.2, 0) is 13.1 Å². The van der Waals surface area contributed by atoms with Gasteiger partial charge in [-0.3, -0.25) is 4.68 Å². The van der Waals surface area contributed by atoms with Crippen LogP contribution >= 0.6 is 0 Å². The van der Waals surface area contributed by atoms with Crippen LogP contribution in [0, 0.1) is 6.92 Å². The van der Waals surface area contributed by atoms with E-state index in [1.54, 1.807) is 7.11 Å². The van der Waals surface area contributed by atoms with Gasteiger partial charge >= 0.3 is 6.03 Å². The number of nitrogens with one attached hydrogen (secondary N) is 2. The summed E-state index contributed by atoms with van der Waals surface area (Å²) >= 11 is 0. The quantitative estimate of drug-likeness (QED) is 0.770. The molecule has 0 spiro atoms. The number of aromatic nitrogens is 2. The van der Waals surface area contributed by atoms with E-state index in [1.807, 2.05) is 48.3 Å². The molecular weight excluding hydrogens is 280 g/mol. The van der Waals surface area contributed by atoms with Crippen molar-refractivity contribution >= 4 is 6.03 Å². The lowest BCUT2D eigenvalue weighted by molar-refractivity contribution is 0.240. The molecule has 0 unspecified atom stereocenters. The first-order valence-electron chi connectivity index (χ1n) is 7.31. The molecule has 0 fully saturated rings. The number of rotatable bonds is 7. The maximum Gasteiger partial charge on any atom is 0.315 e. The highest BCUT2D eigenvalue weighted by Crippen LogP contribution is 2.16. The average molecular weight is 302 g/mol. The van der Waals surface area contributed by atoms with Gasteiger partial charge in [-0.25, -0.2) is 4.79 Å². The van der Waals surface area contributed by atoms with Crippen LogP contribution in [0.15, 0.2) is 36.7 Å². The molecular formula is C16H22N4O2. The number of amides is 2. The number of carbonyl (C=O) groups is 1. The summed E-state index contributed by atoms with van der Waals surface area (Å²) in [6, 6.07) is 7.45. The fourth-order valence-corrected chi connectivity index (χ4v) is 2.12. The molecule has 0 aliphatic carbocycles. The second kappa shape index (κ2) is 8.07. The SMILES string of the molecule is COc1ccccc1CNC(=O)NCCCn1cc(C)cn1. The summed E-state index contributed by atoms with van der Waals surface area (Å²) < 4.78 is 7.12. The molecule has 0 atom stereocenters. The topological polar surface area (TPSA) is 68.2 Å². The minimum absolute atomic E-state index is 0.178. The molecule has 0 aliphatic rings. The lowest BCUT2D eigenvalue weighted by Gasteiger charge is -2.10. The Labute approximate surface area is 130 Å². The number of hydrogen-bond donors (Lipinski definition) is 2. The van der Waals surface area contributed by atoms with Gasteiger partial charge in [0.05, 0.1) is 13.3 Å². The van der Waals surface area contributed by atoms with Gasteiger partial charge in [-0.15, -0.1) is 0 Å². The van der Waals surface area contributed by atoms with Gasteiger partial charge in [-0.2, -0.15) is 5.10 Å². The number of carbonyl (C=O) groups excluding carboxylic acids is 1. The predicted octanol–water partition coefficient (Wildman–Crippen LogP) is 2.09. The number of hydrogen-bond acceptors (Lipinski definition) is 3. The Kier molecular flexibility index (Phi) is 5.82. The maximum atomic E-state index is 11.7. The zero-order valence-corrected chi connectivity index (χ0v) is 13.0. The van der Waals surface area contributed by atoms with E-state index in [1.165, 1.54) is 0 Å². The largest absolute Gasteiger partial charge is 0.496 e. The number of benzene rings is 1. The molecule has 1 heterocycles. The van der Waals surface area contributed by atoms with Crippen LogP contribution in [-0.4, -0.2) is 29.5 Å². The zero-order valence-electron chi connectivity index (χ0n) is 13.0. The van der Waals surface area contributed by atoms with Crippen molar-refractivity contribution in [3.8, 4) is 5.75 Å². The smallest absolute Gasteiger partial charge is 0.315 e. The molecule has 2 amide bonds.